The summed E-state index contributed by atoms with van der Waals surface area (Å²) < 4.78 is 123. The normalized spacial score (nSPS) is 14.5. The second-order valence-corrected chi connectivity index (χ2v) is 13.6. The second kappa shape index (κ2) is 11.9. The Morgan fingerprint density at radius 3 is 0.891 bits per heavy atom. The molecule has 46 heavy (non-hydrogen) atoms. The predicted molar refractivity (Wildman–Crippen MR) is 149 cm³/mol. The monoisotopic (exact) mass is 708 g/mol. The summed E-state index contributed by atoms with van der Waals surface area (Å²) in [5.41, 5.74) is 7.52. The van der Waals surface area contributed by atoms with E-state index in [-0.39, 0.29) is 0 Å². The van der Waals surface area contributed by atoms with Crippen molar-refractivity contribution in [3.05, 3.63) is 133 Å². The molecule has 0 unspecified atom stereocenters. The minimum atomic E-state index is -10.7. The Morgan fingerprint density at radius 2 is 0.630 bits per heavy atom. The quantitative estimate of drug-likeness (QED) is 0.0957. The van der Waals surface area contributed by atoms with E-state index in [1.54, 1.807) is 0 Å². The number of aromatic amines is 2. The number of rotatable bonds is 6. The van der Waals surface area contributed by atoms with Crippen molar-refractivity contribution in [3.8, 4) is 22.3 Å². The van der Waals surface area contributed by atoms with Gasteiger partial charge in [-0.05, 0) is 22.3 Å². The minimum absolute atomic E-state index is 0.845. The number of hydrogen-bond acceptors (Lipinski definition) is 0. The van der Waals surface area contributed by atoms with Gasteiger partial charge in [0.1, 0.15) is 0 Å². The summed E-state index contributed by atoms with van der Waals surface area (Å²) >= 11 is 0. The number of halogens is 12. The first-order valence-electron chi connectivity index (χ1n) is 12.9. The van der Waals surface area contributed by atoms with Crippen LogP contribution in [0.1, 0.15) is 11.1 Å². The first-order valence-corrected chi connectivity index (χ1v) is 16.9. The van der Waals surface area contributed by atoms with E-state index >= 15 is 0 Å². The average molecular weight is 708 g/mol. The Hall–Kier alpha value is -4.16. The molecular formula is C28H26F12N4P2+2. The Labute approximate surface area is 254 Å². The van der Waals surface area contributed by atoms with Crippen LogP contribution in [0.2, 0.25) is 0 Å². The van der Waals surface area contributed by atoms with E-state index < -0.39 is 15.6 Å². The number of benzene rings is 1. The smallest absolute Gasteiger partial charge is 0.174 e. The maximum Gasteiger partial charge on any atom is 0.174 e. The molecule has 0 saturated heterocycles. The topological polar surface area (TPSA) is 36.0 Å². The van der Waals surface area contributed by atoms with Crippen molar-refractivity contribution in [2.45, 2.75) is 13.1 Å². The summed E-state index contributed by atoms with van der Waals surface area (Å²) in [6, 6.07) is 25.7. The SMILES string of the molecule is F[P-](F)(F)(F)(F)F.F[P-](F)(F)(F)(F)F.c1ccc(C[n+]2ccc(-c3cc[nH+]cc3)cc2)c(C[n+]2ccc(-c3cc[nH+]cc3)cc2)c1. The third-order valence-corrected chi connectivity index (χ3v) is 5.71. The van der Waals surface area contributed by atoms with Gasteiger partial charge < -0.3 is 0 Å². The van der Waals surface area contributed by atoms with Crippen LogP contribution >= 0.6 is 15.6 Å². The van der Waals surface area contributed by atoms with Gasteiger partial charge in [0.05, 0.1) is 0 Å². The molecule has 250 valence electrons. The standard InChI is InChI=1S/C28H24N4.2F6P/c1-2-4-28(22-32-19-11-26(12-20-32)24-7-15-30-16-8-24)27(3-1)21-31-17-9-25(10-18-31)23-5-13-29-14-6-23;2*1-7(2,3,4,5)6/h1-20H,21-22H2;;/q+2;2*-1/p+2. The van der Waals surface area contributed by atoms with Crippen LogP contribution in [-0.2, 0) is 13.1 Å². The Balaban J connectivity index is 0.000000345. The van der Waals surface area contributed by atoms with Crippen molar-refractivity contribution >= 4 is 15.6 Å². The number of nitrogens with one attached hydrogen (secondary N) is 2. The van der Waals surface area contributed by atoms with Crippen LogP contribution in [0.5, 0.6) is 0 Å². The molecule has 18 heteroatoms. The Bertz CT molecular complexity index is 1580. The minimum Gasteiger partial charge on any atom is -0.218 e. The van der Waals surface area contributed by atoms with E-state index in [0.717, 1.165) is 13.1 Å². The van der Waals surface area contributed by atoms with Crippen molar-refractivity contribution in [2.75, 3.05) is 0 Å². The van der Waals surface area contributed by atoms with Crippen LogP contribution in [0.25, 0.3) is 22.3 Å². The maximum absolute atomic E-state index is 10.7. The Morgan fingerprint density at radius 1 is 0.391 bits per heavy atom. The summed E-state index contributed by atoms with van der Waals surface area (Å²) in [6.45, 7) is 1.69. The van der Waals surface area contributed by atoms with Gasteiger partial charge in [-0.1, -0.05) is 24.3 Å². The molecule has 0 amide bonds. The molecule has 0 atom stereocenters. The average Bonchev–Trinajstić information content (AvgIpc) is 2.93. The van der Waals surface area contributed by atoms with Gasteiger partial charge in [-0.3, -0.25) is 0 Å². The molecule has 1 aromatic carbocycles. The molecule has 4 aromatic heterocycles. The van der Waals surface area contributed by atoms with Crippen LogP contribution in [0.3, 0.4) is 0 Å². The molecule has 0 saturated carbocycles. The van der Waals surface area contributed by atoms with E-state index in [1.807, 2.05) is 24.8 Å². The molecule has 4 nitrogen and oxygen atoms in total. The number of H-pyrrole nitrogens is 2. The maximum atomic E-state index is 9.87. The third kappa shape index (κ3) is 17.4. The molecule has 5 aromatic rings. The summed E-state index contributed by atoms with van der Waals surface area (Å²) in [4.78, 5) is 6.15. The molecule has 4 heterocycles. The van der Waals surface area contributed by atoms with Gasteiger partial charge in [-0.15, -0.1) is 0 Å². The molecule has 0 bridgehead atoms. The van der Waals surface area contributed by atoms with Gasteiger partial charge in [0.15, 0.2) is 62.7 Å². The molecule has 0 radical (unpaired) electrons. The van der Waals surface area contributed by atoms with Crippen LogP contribution in [-0.4, -0.2) is 0 Å². The molecular weight excluding hydrogens is 682 g/mol. The van der Waals surface area contributed by atoms with Crippen molar-refractivity contribution in [2.24, 2.45) is 0 Å². The zero-order chi connectivity index (χ0) is 34.4. The van der Waals surface area contributed by atoms with E-state index in [0.29, 0.717) is 0 Å². The van der Waals surface area contributed by atoms with Gasteiger partial charge in [-0.25, -0.2) is 19.1 Å². The van der Waals surface area contributed by atoms with Crippen molar-refractivity contribution in [1.82, 2.24) is 0 Å². The second-order valence-electron chi connectivity index (χ2n) is 9.78. The van der Waals surface area contributed by atoms with Crippen molar-refractivity contribution in [3.63, 3.8) is 0 Å². The Kier molecular flexibility index (Phi) is 9.38. The first-order chi connectivity index (χ1) is 20.7. The van der Waals surface area contributed by atoms with Crippen LogP contribution in [0.4, 0.5) is 50.4 Å². The molecule has 0 aliphatic carbocycles. The number of aromatic nitrogens is 4. The van der Waals surface area contributed by atoms with Crippen molar-refractivity contribution < 1.29 is 69.5 Å². The summed E-state index contributed by atoms with van der Waals surface area (Å²) in [5.74, 6) is 0. The predicted octanol–water partition coefficient (Wildman–Crippen LogP) is 10.1. The van der Waals surface area contributed by atoms with Gasteiger partial charge in [-0.2, -0.15) is 0 Å². The van der Waals surface area contributed by atoms with E-state index in [2.05, 4.69) is 117 Å². The number of hydrogen-bond donors (Lipinski definition) is 0. The molecule has 5 rings (SSSR count). The van der Waals surface area contributed by atoms with Gasteiger partial charge in [0, 0.05) is 59.7 Å². The zero-order valence-corrected chi connectivity index (χ0v) is 25.1. The van der Waals surface area contributed by atoms with Gasteiger partial charge in [0.25, 0.3) is 0 Å². The van der Waals surface area contributed by atoms with Gasteiger partial charge >= 0.3 is 66.0 Å². The molecule has 0 spiro atoms. The summed E-state index contributed by atoms with van der Waals surface area (Å²) in [7, 11) is -21.3. The summed E-state index contributed by atoms with van der Waals surface area (Å²) in [6.07, 6.45) is 16.4. The molecule has 2 N–H and O–H groups in total. The first kappa shape index (κ1) is 36.3. The molecule has 0 fully saturated rings. The number of pyridine rings is 4. The van der Waals surface area contributed by atoms with Crippen LogP contribution < -0.4 is 19.1 Å². The zero-order valence-electron chi connectivity index (χ0n) is 23.3. The van der Waals surface area contributed by atoms with Crippen molar-refractivity contribution in [1.29, 1.82) is 0 Å². The van der Waals surface area contributed by atoms with Crippen LogP contribution in [0, 0.1) is 0 Å². The van der Waals surface area contributed by atoms with Crippen LogP contribution in [0.15, 0.2) is 122 Å². The third-order valence-electron chi connectivity index (χ3n) is 5.71. The molecule has 0 aliphatic heterocycles. The summed E-state index contributed by atoms with van der Waals surface area (Å²) in [5, 5.41) is 0. The number of nitrogens with zero attached hydrogens (tertiary/aromatic N) is 2. The van der Waals surface area contributed by atoms with E-state index in [4.69, 9.17) is 0 Å². The fraction of sp³-hybridized carbons (Fsp3) is 0.0714. The molecule has 0 aliphatic rings. The fourth-order valence-corrected chi connectivity index (χ4v) is 3.93. The fourth-order valence-electron chi connectivity index (χ4n) is 3.93. The van der Waals surface area contributed by atoms with E-state index in [9.17, 15) is 50.4 Å². The largest absolute Gasteiger partial charge is 0.218 e. The van der Waals surface area contributed by atoms with Gasteiger partial charge in [0.2, 0.25) is 0 Å². The van der Waals surface area contributed by atoms with E-state index in [1.165, 1.54) is 33.4 Å².